The fourth-order valence-corrected chi connectivity index (χ4v) is 2.82. The summed E-state index contributed by atoms with van der Waals surface area (Å²) in [4.78, 5) is 28.7. The number of halogens is 2. The monoisotopic (exact) mass is 369 g/mol. The van der Waals surface area contributed by atoms with Crippen molar-refractivity contribution in [2.24, 2.45) is 5.41 Å². The second-order valence-electron chi connectivity index (χ2n) is 6.63. The molecule has 1 heterocycles. The Balaban J connectivity index is 2.69. The zero-order valence-electron chi connectivity index (χ0n) is 15.0. The maximum Gasteiger partial charge on any atom is 0.280 e. The van der Waals surface area contributed by atoms with Gasteiger partial charge in [0.1, 0.15) is 22.7 Å². The van der Waals surface area contributed by atoms with E-state index in [1.165, 1.54) is 20.3 Å². The van der Waals surface area contributed by atoms with Crippen LogP contribution in [-0.2, 0) is 19.1 Å². The molecule has 1 aliphatic rings. The highest BCUT2D eigenvalue weighted by molar-refractivity contribution is 6.27. The maximum absolute atomic E-state index is 13.0. The lowest BCUT2D eigenvalue weighted by Crippen LogP contribution is -2.35. The molecule has 1 aliphatic carbocycles. The minimum Gasteiger partial charge on any atom is -0.506 e. The van der Waals surface area contributed by atoms with Crippen molar-refractivity contribution in [3.05, 3.63) is 34.7 Å². The molecule has 6 nitrogen and oxygen atoms in total. The molecule has 1 aromatic heterocycles. The normalized spacial score (nSPS) is 19.4. The van der Waals surface area contributed by atoms with Gasteiger partial charge in [0, 0.05) is 31.6 Å². The summed E-state index contributed by atoms with van der Waals surface area (Å²) < 4.78 is 36.1. The van der Waals surface area contributed by atoms with Crippen LogP contribution in [0.4, 0.5) is 8.78 Å². The number of methoxy groups -OCH3 is 2. The van der Waals surface area contributed by atoms with E-state index in [9.17, 15) is 23.5 Å². The van der Waals surface area contributed by atoms with E-state index in [-0.39, 0.29) is 23.3 Å². The fourth-order valence-electron chi connectivity index (χ4n) is 2.82. The number of allylic oxidation sites excluding steroid dienone is 1. The molecular weight excluding hydrogens is 348 g/mol. The van der Waals surface area contributed by atoms with Gasteiger partial charge >= 0.3 is 0 Å². The van der Waals surface area contributed by atoms with Gasteiger partial charge < -0.3 is 14.6 Å². The first kappa shape index (κ1) is 20.1. The number of rotatable bonds is 5. The summed E-state index contributed by atoms with van der Waals surface area (Å²) in [5.41, 5.74) is -1.89. The van der Waals surface area contributed by atoms with Crippen molar-refractivity contribution >= 4 is 17.3 Å². The van der Waals surface area contributed by atoms with Crippen molar-refractivity contribution in [3.63, 3.8) is 0 Å². The molecule has 8 heteroatoms. The van der Waals surface area contributed by atoms with Gasteiger partial charge in [-0.2, -0.15) is 0 Å². The first-order valence-corrected chi connectivity index (χ1v) is 8.00. The molecule has 0 saturated heterocycles. The number of carbonyl (C=O) groups excluding carboxylic acids is 2. The smallest absolute Gasteiger partial charge is 0.280 e. The van der Waals surface area contributed by atoms with Crippen molar-refractivity contribution in [1.29, 1.82) is 0 Å². The lowest BCUT2D eigenvalue weighted by molar-refractivity contribution is -0.130. The molecule has 1 saturated carbocycles. The zero-order chi connectivity index (χ0) is 19.6. The Morgan fingerprint density at radius 2 is 1.85 bits per heavy atom. The molecule has 1 N–H and O–H groups in total. The van der Waals surface area contributed by atoms with Crippen LogP contribution in [0.1, 0.15) is 56.4 Å². The lowest BCUT2D eigenvalue weighted by atomic mass is 9.72. The quantitative estimate of drug-likeness (QED) is 0.370. The molecule has 0 aliphatic heterocycles. The van der Waals surface area contributed by atoms with Gasteiger partial charge in [-0.1, -0.05) is 13.8 Å². The number of carbonyl (C=O) groups is 2. The van der Waals surface area contributed by atoms with E-state index >= 15 is 0 Å². The van der Waals surface area contributed by atoms with E-state index in [4.69, 9.17) is 9.47 Å². The van der Waals surface area contributed by atoms with Gasteiger partial charge in [-0.05, 0) is 18.6 Å². The van der Waals surface area contributed by atoms with Crippen LogP contribution in [0.15, 0.2) is 17.7 Å². The Morgan fingerprint density at radius 1 is 1.23 bits per heavy atom. The number of Topliss-reactive ketones (excluding diaryl/α,β-unsaturated/α-hetero) is 2. The molecule has 0 bridgehead atoms. The number of ketones is 2. The van der Waals surface area contributed by atoms with E-state index in [1.54, 1.807) is 13.8 Å². The number of pyridine rings is 1. The molecule has 1 fully saturated rings. The molecule has 0 radical (unpaired) electrons. The predicted octanol–water partition coefficient (Wildman–Crippen LogP) is 3.54. The molecular formula is C18H21F2NO5. The number of ether oxygens (including phenoxy) is 2. The van der Waals surface area contributed by atoms with Gasteiger partial charge in [0.2, 0.25) is 6.29 Å². The highest BCUT2D eigenvalue weighted by Crippen LogP contribution is 2.37. The SMILES string of the molecule is COC(OC)c1nc(C(F)F)ccc1C(O)=C1C(=O)CCC(C)(C)C1=O. The van der Waals surface area contributed by atoms with E-state index in [0.717, 1.165) is 6.07 Å². The Bertz CT molecular complexity index is 754. The molecule has 0 atom stereocenters. The highest BCUT2D eigenvalue weighted by Gasteiger charge is 2.41. The molecule has 2 rings (SSSR count). The maximum atomic E-state index is 13.0. The Hall–Kier alpha value is -2.19. The molecule has 0 unspecified atom stereocenters. The number of hydrogen-bond acceptors (Lipinski definition) is 6. The van der Waals surface area contributed by atoms with Crippen LogP contribution in [0.3, 0.4) is 0 Å². The Morgan fingerprint density at radius 3 is 2.38 bits per heavy atom. The summed E-state index contributed by atoms with van der Waals surface area (Å²) in [5.74, 6) is -1.60. The lowest BCUT2D eigenvalue weighted by Gasteiger charge is -2.29. The molecule has 142 valence electrons. The van der Waals surface area contributed by atoms with Crippen molar-refractivity contribution in [2.45, 2.75) is 39.4 Å². The average molecular weight is 369 g/mol. The summed E-state index contributed by atoms with van der Waals surface area (Å²) in [6.07, 6.45) is -3.53. The summed E-state index contributed by atoms with van der Waals surface area (Å²) in [5, 5.41) is 10.7. The van der Waals surface area contributed by atoms with Gasteiger partial charge in [-0.3, -0.25) is 9.59 Å². The number of hydrogen-bond donors (Lipinski definition) is 1. The highest BCUT2D eigenvalue weighted by atomic mass is 19.3. The second-order valence-corrected chi connectivity index (χ2v) is 6.63. The van der Waals surface area contributed by atoms with Gasteiger partial charge in [-0.25, -0.2) is 13.8 Å². The molecule has 0 aromatic carbocycles. The van der Waals surface area contributed by atoms with E-state index in [2.05, 4.69) is 4.98 Å². The summed E-state index contributed by atoms with van der Waals surface area (Å²) in [7, 11) is 2.55. The number of alkyl halides is 2. The molecule has 26 heavy (non-hydrogen) atoms. The third-order valence-corrected chi connectivity index (χ3v) is 4.41. The van der Waals surface area contributed by atoms with Crippen molar-refractivity contribution < 1.29 is 33.0 Å². The summed E-state index contributed by atoms with van der Waals surface area (Å²) in [6, 6.07) is 2.20. The zero-order valence-corrected chi connectivity index (χ0v) is 15.0. The van der Waals surface area contributed by atoms with Gasteiger partial charge in [0.05, 0.1) is 0 Å². The van der Waals surface area contributed by atoms with Crippen molar-refractivity contribution in [1.82, 2.24) is 4.98 Å². The second kappa shape index (κ2) is 7.59. The van der Waals surface area contributed by atoms with Crippen LogP contribution in [0.5, 0.6) is 0 Å². The van der Waals surface area contributed by atoms with Crippen molar-refractivity contribution in [2.75, 3.05) is 14.2 Å². The van der Waals surface area contributed by atoms with Crippen molar-refractivity contribution in [3.8, 4) is 0 Å². The number of aliphatic hydroxyl groups excluding tert-OH is 1. The third-order valence-electron chi connectivity index (χ3n) is 4.41. The average Bonchev–Trinajstić information content (AvgIpc) is 2.60. The van der Waals surface area contributed by atoms with Crippen LogP contribution in [-0.4, -0.2) is 35.9 Å². The number of aliphatic hydroxyl groups is 1. The van der Waals surface area contributed by atoms with Crippen LogP contribution in [0.25, 0.3) is 5.76 Å². The largest absolute Gasteiger partial charge is 0.506 e. The van der Waals surface area contributed by atoms with Gasteiger partial charge in [0.25, 0.3) is 6.43 Å². The first-order chi connectivity index (χ1) is 12.1. The van der Waals surface area contributed by atoms with Gasteiger partial charge in [0.15, 0.2) is 11.6 Å². The number of aromatic nitrogens is 1. The third kappa shape index (κ3) is 3.66. The number of nitrogens with zero attached hydrogens (tertiary/aromatic N) is 1. The topological polar surface area (TPSA) is 85.7 Å². The summed E-state index contributed by atoms with van der Waals surface area (Å²) in [6.45, 7) is 3.36. The Labute approximate surface area is 149 Å². The first-order valence-electron chi connectivity index (χ1n) is 8.00. The minimum absolute atomic E-state index is 0.0579. The summed E-state index contributed by atoms with van der Waals surface area (Å²) >= 11 is 0. The van der Waals surface area contributed by atoms with E-state index in [1.807, 2.05) is 0 Å². The molecule has 0 spiro atoms. The fraction of sp³-hybridized carbons (Fsp3) is 0.500. The van der Waals surface area contributed by atoms with Crippen LogP contribution in [0.2, 0.25) is 0 Å². The standard InChI is InChI=1S/C18H21F2NO5/c1-18(2)8-7-11(22)12(15(18)24)14(23)9-5-6-10(16(19)20)21-13(9)17(25-3)26-4/h5-6,16-17,23H,7-8H2,1-4H3. The van der Waals surface area contributed by atoms with Crippen LogP contribution in [0, 0.1) is 5.41 Å². The predicted molar refractivity (Wildman–Crippen MR) is 88.5 cm³/mol. The van der Waals surface area contributed by atoms with E-state index < -0.39 is 41.2 Å². The van der Waals surface area contributed by atoms with E-state index in [0.29, 0.717) is 6.42 Å². The minimum atomic E-state index is -2.84. The van der Waals surface area contributed by atoms with Crippen LogP contribution < -0.4 is 0 Å². The molecule has 1 aromatic rings. The van der Waals surface area contributed by atoms with Crippen LogP contribution >= 0.6 is 0 Å². The molecule has 0 amide bonds. The van der Waals surface area contributed by atoms with Gasteiger partial charge in [-0.15, -0.1) is 0 Å². The Kier molecular flexibility index (Phi) is 5.87.